The highest BCUT2D eigenvalue weighted by Crippen LogP contribution is 2.07. The van der Waals surface area contributed by atoms with Gasteiger partial charge in [0, 0.05) is 12.7 Å². The van der Waals surface area contributed by atoms with E-state index in [1.54, 1.807) is 0 Å². The van der Waals surface area contributed by atoms with Crippen molar-refractivity contribution in [2.75, 3.05) is 6.54 Å². The van der Waals surface area contributed by atoms with Crippen molar-refractivity contribution >= 4 is 17.7 Å². The van der Waals surface area contributed by atoms with Crippen LogP contribution >= 0.6 is 0 Å². The van der Waals surface area contributed by atoms with Gasteiger partial charge in [0.05, 0.1) is 5.56 Å². The molecule has 4 N–H and O–H groups in total. The quantitative estimate of drug-likeness (QED) is 0.695. The lowest BCUT2D eigenvalue weighted by atomic mass is 10.1. The summed E-state index contributed by atoms with van der Waals surface area (Å²) in [6.07, 6.45) is 3.67. The Balaban J connectivity index is 2.03. The largest absolute Gasteiger partial charge is 0.364 e. The highest BCUT2D eigenvalue weighted by atomic mass is 16.2. The van der Waals surface area contributed by atoms with E-state index in [0.29, 0.717) is 13.0 Å². The summed E-state index contributed by atoms with van der Waals surface area (Å²) in [5.74, 6) is -1.21. The number of rotatable bonds is 3. The fourth-order valence-electron chi connectivity index (χ4n) is 1.99. The first-order chi connectivity index (χ1) is 9.58. The van der Waals surface area contributed by atoms with Crippen LogP contribution in [0.3, 0.4) is 0 Å². The van der Waals surface area contributed by atoms with Crippen LogP contribution in [-0.4, -0.2) is 35.3 Å². The van der Waals surface area contributed by atoms with Crippen LogP contribution in [0.4, 0.5) is 0 Å². The Labute approximate surface area is 115 Å². The summed E-state index contributed by atoms with van der Waals surface area (Å²) in [6, 6.07) is 2.31. The van der Waals surface area contributed by atoms with Gasteiger partial charge in [-0.3, -0.25) is 19.4 Å². The fourth-order valence-corrected chi connectivity index (χ4v) is 1.99. The smallest absolute Gasteiger partial charge is 0.267 e. The number of nitrogens with two attached hydrogens (primary N) is 1. The first-order valence-electron chi connectivity index (χ1n) is 6.42. The van der Waals surface area contributed by atoms with Crippen LogP contribution in [0.1, 0.15) is 40.1 Å². The summed E-state index contributed by atoms with van der Waals surface area (Å²) in [5.41, 5.74) is 5.45. The molecule has 1 aromatic rings. The maximum atomic E-state index is 12.0. The highest BCUT2D eigenvalue weighted by molar-refractivity contribution is 5.98. The molecular formula is C13H16N4O3. The summed E-state index contributed by atoms with van der Waals surface area (Å²) >= 11 is 0. The minimum Gasteiger partial charge on any atom is -0.364 e. The molecule has 20 heavy (non-hydrogen) atoms. The summed E-state index contributed by atoms with van der Waals surface area (Å²) in [6.45, 7) is 0.639. The van der Waals surface area contributed by atoms with Crippen molar-refractivity contribution in [3.8, 4) is 0 Å². The molecule has 3 amide bonds. The Morgan fingerprint density at radius 2 is 2.15 bits per heavy atom. The van der Waals surface area contributed by atoms with E-state index >= 15 is 0 Å². The van der Waals surface area contributed by atoms with E-state index in [2.05, 4.69) is 15.6 Å². The lowest BCUT2D eigenvalue weighted by Crippen LogP contribution is -2.45. The van der Waals surface area contributed by atoms with E-state index in [1.165, 1.54) is 18.3 Å². The number of primary amides is 1. The number of hydrogen-bond acceptors (Lipinski definition) is 4. The van der Waals surface area contributed by atoms with Crippen LogP contribution in [0.15, 0.2) is 18.3 Å². The number of carbonyl (C=O) groups is 3. The molecule has 1 unspecified atom stereocenters. The van der Waals surface area contributed by atoms with Gasteiger partial charge in [-0.25, -0.2) is 0 Å². The average molecular weight is 276 g/mol. The van der Waals surface area contributed by atoms with Gasteiger partial charge in [0.2, 0.25) is 5.91 Å². The van der Waals surface area contributed by atoms with Crippen LogP contribution in [0.2, 0.25) is 0 Å². The average Bonchev–Trinajstić information content (AvgIpc) is 2.64. The second-order valence-electron chi connectivity index (χ2n) is 4.61. The molecule has 0 aliphatic carbocycles. The van der Waals surface area contributed by atoms with Crippen LogP contribution in [-0.2, 0) is 4.79 Å². The predicted molar refractivity (Wildman–Crippen MR) is 70.9 cm³/mol. The van der Waals surface area contributed by atoms with Gasteiger partial charge >= 0.3 is 0 Å². The Morgan fingerprint density at radius 1 is 1.35 bits per heavy atom. The number of nitrogens with one attached hydrogen (secondary N) is 2. The van der Waals surface area contributed by atoms with Crippen LogP contribution in [0.25, 0.3) is 0 Å². The normalized spacial score (nSPS) is 18.8. The maximum Gasteiger partial charge on any atom is 0.267 e. The van der Waals surface area contributed by atoms with Crippen molar-refractivity contribution in [3.05, 3.63) is 29.6 Å². The summed E-state index contributed by atoms with van der Waals surface area (Å²) in [4.78, 5) is 38.4. The molecule has 7 nitrogen and oxygen atoms in total. The second-order valence-corrected chi connectivity index (χ2v) is 4.61. The zero-order valence-corrected chi connectivity index (χ0v) is 10.9. The van der Waals surface area contributed by atoms with Crippen LogP contribution in [0.5, 0.6) is 0 Å². The number of pyridine rings is 1. The van der Waals surface area contributed by atoms with Crippen molar-refractivity contribution in [1.82, 2.24) is 15.6 Å². The fraction of sp³-hybridized carbons (Fsp3) is 0.385. The molecule has 0 saturated carbocycles. The Kier molecular flexibility index (Phi) is 4.29. The van der Waals surface area contributed by atoms with Crippen LogP contribution in [0, 0.1) is 0 Å². The molecular weight excluding hydrogens is 260 g/mol. The molecule has 2 heterocycles. The second kappa shape index (κ2) is 6.14. The third-order valence-electron chi connectivity index (χ3n) is 3.12. The SMILES string of the molecule is NC(=O)c1ccc(C(=O)NC2CCCCNC2=O)cn1. The van der Waals surface area contributed by atoms with Gasteiger partial charge in [-0.05, 0) is 31.4 Å². The lowest BCUT2D eigenvalue weighted by molar-refractivity contribution is -0.122. The molecule has 1 atom stereocenters. The zero-order chi connectivity index (χ0) is 14.5. The van der Waals surface area contributed by atoms with E-state index in [4.69, 9.17) is 5.73 Å². The van der Waals surface area contributed by atoms with Crippen LogP contribution < -0.4 is 16.4 Å². The first kappa shape index (κ1) is 14.0. The van der Waals surface area contributed by atoms with Gasteiger partial charge in [0.25, 0.3) is 11.8 Å². The van der Waals surface area contributed by atoms with E-state index < -0.39 is 17.9 Å². The minimum absolute atomic E-state index is 0.0914. The molecule has 2 rings (SSSR count). The number of carbonyl (C=O) groups excluding carboxylic acids is 3. The summed E-state index contributed by atoms with van der Waals surface area (Å²) in [7, 11) is 0. The van der Waals surface area contributed by atoms with Gasteiger partial charge in [-0.15, -0.1) is 0 Å². The highest BCUT2D eigenvalue weighted by Gasteiger charge is 2.22. The third-order valence-corrected chi connectivity index (χ3v) is 3.12. The van der Waals surface area contributed by atoms with Gasteiger partial charge in [0.1, 0.15) is 11.7 Å². The van der Waals surface area contributed by atoms with Crippen molar-refractivity contribution < 1.29 is 14.4 Å². The molecule has 106 valence electrons. The van der Waals surface area contributed by atoms with E-state index in [1.807, 2.05) is 0 Å². The van der Waals surface area contributed by atoms with Crippen molar-refractivity contribution in [1.29, 1.82) is 0 Å². The van der Waals surface area contributed by atoms with E-state index in [-0.39, 0.29) is 17.2 Å². The minimum atomic E-state index is -0.653. The Morgan fingerprint density at radius 3 is 2.80 bits per heavy atom. The van der Waals surface area contributed by atoms with Crippen molar-refractivity contribution in [3.63, 3.8) is 0 Å². The third kappa shape index (κ3) is 3.31. The molecule has 1 saturated heterocycles. The summed E-state index contributed by atoms with van der Waals surface area (Å²) in [5, 5.41) is 5.41. The van der Waals surface area contributed by atoms with Gasteiger partial charge in [-0.2, -0.15) is 0 Å². The maximum absolute atomic E-state index is 12.0. The molecule has 0 bridgehead atoms. The first-order valence-corrected chi connectivity index (χ1v) is 6.42. The Hall–Kier alpha value is -2.44. The number of nitrogens with zero attached hydrogens (tertiary/aromatic N) is 1. The van der Waals surface area contributed by atoms with Crippen molar-refractivity contribution in [2.24, 2.45) is 5.73 Å². The van der Waals surface area contributed by atoms with Gasteiger partial charge in [0.15, 0.2) is 0 Å². The number of hydrogen-bond donors (Lipinski definition) is 3. The number of aromatic nitrogens is 1. The Bertz CT molecular complexity index is 527. The molecule has 0 spiro atoms. The molecule has 0 aromatic carbocycles. The number of amides is 3. The lowest BCUT2D eigenvalue weighted by Gasteiger charge is -2.15. The molecule has 1 aromatic heterocycles. The molecule has 1 aliphatic heterocycles. The molecule has 1 fully saturated rings. The standard InChI is InChI=1S/C13H16N4O3/c14-11(18)9-5-4-8(7-16-9)12(19)17-10-3-1-2-6-15-13(10)20/h4-5,7,10H,1-3,6H2,(H2,14,18)(H,15,20)(H,17,19). The van der Waals surface area contributed by atoms with E-state index in [9.17, 15) is 14.4 Å². The van der Waals surface area contributed by atoms with Crippen molar-refractivity contribution in [2.45, 2.75) is 25.3 Å². The topological polar surface area (TPSA) is 114 Å². The molecule has 1 aliphatic rings. The van der Waals surface area contributed by atoms with Gasteiger partial charge in [-0.1, -0.05) is 0 Å². The van der Waals surface area contributed by atoms with Gasteiger partial charge < -0.3 is 16.4 Å². The molecule has 7 heteroatoms. The monoisotopic (exact) mass is 276 g/mol. The molecule has 0 radical (unpaired) electrons. The predicted octanol–water partition coefficient (Wildman–Crippen LogP) is -0.421. The zero-order valence-electron chi connectivity index (χ0n) is 10.9. The summed E-state index contributed by atoms with van der Waals surface area (Å²) < 4.78 is 0. The van der Waals surface area contributed by atoms with E-state index in [0.717, 1.165) is 12.8 Å².